The van der Waals surface area contributed by atoms with Crippen LogP contribution in [-0.2, 0) is 16.1 Å². The maximum atomic E-state index is 12.4. The number of nitrogens with zero attached hydrogens (tertiary/aromatic N) is 1. The molecule has 154 valence electrons. The summed E-state index contributed by atoms with van der Waals surface area (Å²) in [6, 6.07) is 10.7. The number of hydrogen-bond donors (Lipinski definition) is 1. The Morgan fingerprint density at radius 3 is 2.77 bits per heavy atom. The van der Waals surface area contributed by atoms with Crippen LogP contribution in [0.4, 0.5) is 5.69 Å². The Morgan fingerprint density at radius 1 is 1.13 bits per heavy atom. The van der Waals surface area contributed by atoms with Gasteiger partial charge in [-0.05, 0) is 36.4 Å². The van der Waals surface area contributed by atoms with E-state index >= 15 is 0 Å². The Kier molecular flexibility index (Phi) is 5.91. The lowest BCUT2D eigenvalue weighted by molar-refractivity contribution is -0.113. The molecule has 1 N–H and O–H groups in total. The summed E-state index contributed by atoms with van der Waals surface area (Å²) in [6.45, 7) is 0.0564. The van der Waals surface area contributed by atoms with E-state index in [0.717, 1.165) is 15.5 Å². The van der Waals surface area contributed by atoms with Gasteiger partial charge >= 0.3 is 5.97 Å². The molecule has 4 rings (SSSR count). The Bertz CT molecular complexity index is 1110. The maximum absolute atomic E-state index is 12.4. The number of benzene rings is 2. The minimum Gasteiger partial charge on any atom is -0.493 e. The number of ether oxygens (including phenoxy) is 3. The molecule has 1 aromatic heterocycles. The number of hydrogen-bond acceptors (Lipinski definition) is 8. The predicted octanol–water partition coefficient (Wildman–Crippen LogP) is 4.23. The molecule has 2 aromatic carbocycles. The molecule has 0 atom stereocenters. The summed E-state index contributed by atoms with van der Waals surface area (Å²) >= 11 is 2.90. The molecule has 1 aliphatic rings. The number of carbonyl (C=O) groups excluding carboxylic acids is 2. The van der Waals surface area contributed by atoms with Gasteiger partial charge in [-0.3, -0.25) is 4.79 Å². The molecule has 0 radical (unpaired) electrons. The van der Waals surface area contributed by atoms with Crippen molar-refractivity contribution in [3.63, 3.8) is 0 Å². The molecule has 0 aliphatic carbocycles. The summed E-state index contributed by atoms with van der Waals surface area (Å²) in [4.78, 5) is 29.4. The molecule has 0 spiro atoms. The third-order valence-electron chi connectivity index (χ3n) is 4.38. The van der Waals surface area contributed by atoms with Crippen molar-refractivity contribution in [2.45, 2.75) is 11.5 Å². The van der Waals surface area contributed by atoms with E-state index in [2.05, 4.69) is 10.3 Å². The lowest BCUT2D eigenvalue weighted by atomic mass is 10.2. The van der Waals surface area contributed by atoms with Crippen LogP contribution in [0.3, 0.4) is 0 Å². The van der Waals surface area contributed by atoms with Gasteiger partial charge in [0, 0.05) is 15.8 Å². The smallest absolute Gasteiger partial charge is 0.338 e. The molecule has 9 heteroatoms. The zero-order chi connectivity index (χ0) is 21.1. The highest BCUT2D eigenvalue weighted by atomic mass is 32.2. The van der Waals surface area contributed by atoms with E-state index in [-0.39, 0.29) is 12.5 Å². The van der Waals surface area contributed by atoms with Gasteiger partial charge < -0.3 is 19.5 Å². The topological polar surface area (TPSA) is 86.8 Å². The van der Waals surface area contributed by atoms with Gasteiger partial charge in [0.2, 0.25) is 5.91 Å². The maximum Gasteiger partial charge on any atom is 0.338 e. The molecule has 1 aliphatic heterocycles. The largest absolute Gasteiger partial charge is 0.493 e. The Labute approximate surface area is 181 Å². The molecule has 7 nitrogen and oxygen atoms in total. The van der Waals surface area contributed by atoms with Crippen LogP contribution in [0.1, 0.15) is 16.1 Å². The fraction of sp³-hybridized carbons (Fsp3) is 0.190. The highest BCUT2D eigenvalue weighted by molar-refractivity contribution is 8.00. The molecule has 2 heterocycles. The number of thiazole rings is 1. The lowest BCUT2D eigenvalue weighted by Gasteiger charge is -2.16. The van der Waals surface area contributed by atoms with E-state index in [1.165, 1.54) is 23.1 Å². The third kappa shape index (κ3) is 4.27. The van der Waals surface area contributed by atoms with E-state index < -0.39 is 5.97 Å². The molecular weight excluding hydrogens is 424 g/mol. The molecule has 3 aromatic rings. The average molecular weight is 443 g/mol. The third-order valence-corrected chi connectivity index (χ3v) is 6.40. The van der Waals surface area contributed by atoms with Crippen LogP contribution in [0.2, 0.25) is 0 Å². The van der Waals surface area contributed by atoms with Crippen molar-refractivity contribution in [1.82, 2.24) is 4.98 Å². The molecule has 0 unspecified atom stereocenters. The van der Waals surface area contributed by atoms with Crippen LogP contribution in [0.25, 0.3) is 10.6 Å². The molecule has 0 saturated carbocycles. The summed E-state index contributed by atoms with van der Waals surface area (Å²) in [5.74, 6) is 1.09. The van der Waals surface area contributed by atoms with Crippen molar-refractivity contribution in [2.75, 3.05) is 25.3 Å². The second-order valence-electron chi connectivity index (χ2n) is 6.34. The molecule has 30 heavy (non-hydrogen) atoms. The van der Waals surface area contributed by atoms with Gasteiger partial charge in [-0.15, -0.1) is 23.1 Å². The van der Waals surface area contributed by atoms with E-state index in [4.69, 9.17) is 14.2 Å². The zero-order valence-electron chi connectivity index (χ0n) is 16.3. The number of fused-ring (bicyclic) bond motifs is 1. The van der Waals surface area contributed by atoms with Gasteiger partial charge in [0.1, 0.15) is 11.6 Å². The first-order valence-corrected chi connectivity index (χ1v) is 10.8. The first-order chi connectivity index (χ1) is 14.6. The van der Waals surface area contributed by atoms with Gasteiger partial charge in [-0.2, -0.15) is 0 Å². The van der Waals surface area contributed by atoms with Gasteiger partial charge in [-0.25, -0.2) is 9.78 Å². The van der Waals surface area contributed by atoms with Gasteiger partial charge in [0.15, 0.2) is 11.5 Å². The minimum absolute atomic E-state index is 0.0564. The van der Waals surface area contributed by atoms with Crippen molar-refractivity contribution >= 4 is 40.7 Å². The highest BCUT2D eigenvalue weighted by Crippen LogP contribution is 2.34. The molecule has 1 amide bonds. The highest BCUT2D eigenvalue weighted by Gasteiger charge is 2.18. The molecule has 0 fully saturated rings. The van der Waals surface area contributed by atoms with Crippen molar-refractivity contribution in [1.29, 1.82) is 0 Å². The monoisotopic (exact) mass is 442 g/mol. The summed E-state index contributed by atoms with van der Waals surface area (Å²) in [5.41, 5.74) is 2.56. The minimum atomic E-state index is -0.469. The van der Waals surface area contributed by atoms with Crippen LogP contribution >= 0.6 is 23.1 Å². The normalized spacial score (nSPS) is 12.7. The fourth-order valence-electron chi connectivity index (χ4n) is 2.91. The Morgan fingerprint density at radius 2 is 1.97 bits per heavy atom. The lowest BCUT2D eigenvalue weighted by Crippen LogP contribution is -2.19. The van der Waals surface area contributed by atoms with Gasteiger partial charge in [0.05, 0.1) is 36.9 Å². The molecule has 0 saturated heterocycles. The Hall–Kier alpha value is -3.04. The van der Waals surface area contributed by atoms with E-state index in [1.54, 1.807) is 26.4 Å². The number of anilines is 1. The number of rotatable bonds is 6. The van der Waals surface area contributed by atoms with E-state index in [1.807, 2.05) is 29.6 Å². The zero-order valence-corrected chi connectivity index (χ0v) is 17.9. The first kappa shape index (κ1) is 20.2. The van der Waals surface area contributed by atoms with E-state index in [0.29, 0.717) is 34.2 Å². The second kappa shape index (κ2) is 8.76. The number of thioether (sulfide) groups is 1. The van der Waals surface area contributed by atoms with Gasteiger partial charge in [-0.1, -0.05) is 0 Å². The number of amides is 1. The van der Waals surface area contributed by atoms with Crippen molar-refractivity contribution < 1.29 is 23.8 Å². The van der Waals surface area contributed by atoms with Crippen LogP contribution in [-0.4, -0.2) is 36.8 Å². The second-order valence-corrected chi connectivity index (χ2v) is 8.21. The average Bonchev–Trinajstić information content (AvgIpc) is 3.25. The number of aromatic nitrogens is 1. The SMILES string of the molecule is COc1ccc(-c2nc(COC(=O)c3ccc4c(c3)NC(=O)CS4)cs2)cc1OC. The Balaban J connectivity index is 1.43. The van der Waals surface area contributed by atoms with Gasteiger partial charge in [0.25, 0.3) is 0 Å². The quantitative estimate of drug-likeness (QED) is 0.572. The van der Waals surface area contributed by atoms with Crippen molar-refractivity contribution in [2.24, 2.45) is 0 Å². The number of methoxy groups -OCH3 is 2. The van der Waals surface area contributed by atoms with Crippen molar-refractivity contribution in [3.05, 3.63) is 53.0 Å². The first-order valence-electron chi connectivity index (χ1n) is 8.98. The van der Waals surface area contributed by atoms with Crippen molar-refractivity contribution in [3.8, 4) is 22.1 Å². The summed E-state index contributed by atoms with van der Waals surface area (Å²) in [7, 11) is 3.17. The van der Waals surface area contributed by atoms with Crippen LogP contribution in [0.15, 0.2) is 46.7 Å². The fourth-order valence-corrected chi connectivity index (χ4v) is 4.50. The molecular formula is C21H18N2O5S2. The number of esters is 1. The van der Waals surface area contributed by atoms with Crippen LogP contribution in [0, 0.1) is 0 Å². The van der Waals surface area contributed by atoms with Crippen LogP contribution < -0.4 is 14.8 Å². The predicted molar refractivity (Wildman–Crippen MR) is 116 cm³/mol. The number of nitrogens with one attached hydrogen (secondary N) is 1. The summed E-state index contributed by atoms with van der Waals surface area (Å²) < 4.78 is 16.0. The van der Waals surface area contributed by atoms with E-state index in [9.17, 15) is 9.59 Å². The summed E-state index contributed by atoms with van der Waals surface area (Å²) in [5, 5.41) is 5.41. The van der Waals surface area contributed by atoms with Crippen LogP contribution in [0.5, 0.6) is 11.5 Å². The number of carbonyl (C=O) groups is 2. The summed E-state index contributed by atoms with van der Waals surface area (Å²) in [6.07, 6.45) is 0. The standard InChI is InChI=1S/C21H18N2O5S2/c1-26-16-5-3-12(8-17(16)27-2)20-22-14(10-30-20)9-28-21(25)13-4-6-18-15(7-13)23-19(24)11-29-18/h3-8,10H,9,11H2,1-2H3,(H,23,24). The molecule has 0 bridgehead atoms.